The molecule has 4 heteroatoms. The maximum Gasteiger partial charge on any atom is 0.125 e. The summed E-state index contributed by atoms with van der Waals surface area (Å²) >= 11 is 5.87. The van der Waals surface area contributed by atoms with E-state index in [1.807, 2.05) is 6.07 Å². The summed E-state index contributed by atoms with van der Waals surface area (Å²) in [5, 5.41) is 0. The van der Waals surface area contributed by atoms with Crippen LogP contribution in [-0.4, -0.2) is 15.4 Å². The summed E-state index contributed by atoms with van der Waals surface area (Å²) in [4.78, 5) is 4.52. The fraction of sp³-hybridized carbons (Fsp3) is 0.235. The molecular formula is C17H16ClFN2. The van der Waals surface area contributed by atoms with E-state index in [0.717, 1.165) is 17.9 Å². The molecular weight excluding hydrogens is 287 g/mol. The van der Waals surface area contributed by atoms with Crippen LogP contribution in [0.5, 0.6) is 0 Å². The largest absolute Gasteiger partial charge is 0.323 e. The lowest BCUT2D eigenvalue weighted by atomic mass is 10.1. The minimum Gasteiger partial charge on any atom is -0.323 e. The maximum absolute atomic E-state index is 13.4. The first-order valence-electron chi connectivity index (χ1n) is 6.93. The monoisotopic (exact) mass is 302 g/mol. The molecule has 0 atom stereocenters. The predicted octanol–water partition coefficient (Wildman–Crippen LogP) is 4.31. The van der Waals surface area contributed by atoms with Crippen LogP contribution in [0.4, 0.5) is 4.39 Å². The first-order chi connectivity index (χ1) is 10.2. The molecule has 108 valence electrons. The van der Waals surface area contributed by atoms with E-state index < -0.39 is 0 Å². The van der Waals surface area contributed by atoms with Crippen LogP contribution in [0.2, 0.25) is 0 Å². The zero-order valence-corrected chi connectivity index (χ0v) is 12.6. The smallest absolute Gasteiger partial charge is 0.125 e. The van der Waals surface area contributed by atoms with Crippen LogP contribution in [0.25, 0.3) is 11.0 Å². The molecule has 0 bridgehead atoms. The summed E-state index contributed by atoms with van der Waals surface area (Å²) in [5.74, 6) is 1.13. The molecule has 1 heterocycles. The summed E-state index contributed by atoms with van der Waals surface area (Å²) in [5.41, 5.74) is 4.05. The molecule has 1 aromatic heterocycles. The van der Waals surface area contributed by atoms with Crippen LogP contribution in [0, 0.1) is 12.7 Å². The number of aryl methyl sites for hydroxylation is 2. The molecule has 0 fully saturated rings. The number of rotatable bonds is 4. The standard InChI is InChI=1S/C17H16ClFN2/c1-12-3-2-4-13(9-12)11-21-16-6-5-14(19)10-15(16)20-17(21)7-8-18/h2-6,9-10H,7-8,11H2,1H3. The molecule has 3 aromatic rings. The highest BCUT2D eigenvalue weighted by molar-refractivity contribution is 6.17. The van der Waals surface area contributed by atoms with Gasteiger partial charge in [-0.1, -0.05) is 29.8 Å². The van der Waals surface area contributed by atoms with Gasteiger partial charge in [0.25, 0.3) is 0 Å². The molecule has 0 N–H and O–H groups in total. The number of hydrogen-bond acceptors (Lipinski definition) is 1. The quantitative estimate of drug-likeness (QED) is 0.657. The highest BCUT2D eigenvalue weighted by atomic mass is 35.5. The number of benzene rings is 2. The summed E-state index contributed by atoms with van der Waals surface area (Å²) in [6, 6.07) is 13.1. The number of halogens is 2. The molecule has 0 spiro atoms. The van der Waals surface area contributed by atoms with E-state index in [9.17, 15) is 4.39 Å². The highest BCUT2D eigenvalue weighted by Gasteiger charge is 2.11. The molecule has 21 heavy (non-hydrogen) atoms. The summed E-state index contributed by atoms with van der Waals surface area (Å²) in [6.45, 7) is 2.79. The van der Waals surface area contributed by atoms with Crippen LogP contribution in [0.3, 0.4) is 0 Å². The molecule has 0 aliphatic rings. The number of aromatic nitrogens is 2. The second-order valence-electron chi connectivity index (χ2n) is 5.18. The lowest BCUT2D eigenvalue weighted by molar-refractivity contribution is 0.629. The van der Waals surface area contributed by atoms with Gasteiger partial charge >= 0.3 is 0 Å². The Morgan fingerprint density at radius 3 is 2.81 bits per heavy atom. The summed E-state index contributed by atoms with van der Waals surface area (Å²) in [6.07, 6.45) is 0.670. The van der Waals surface area contributed by atoms with Crippen LogP contribution in [-0.2, 0) is 13.0 Å². The summed E-state index contributed by atoms with van der Waals surface area (Å²) in [7, 11) is 0. The van der Waals surface area contributed by atoms with Gasteiger partial charge in [0.2, 0.25) is 0 Å². The first kappa shape index (κ1) is 14.1. The van der Waals surface area contributed by atoms with Crippen molar-refractivity contribution in [1.29, 1.82) is 0 Å². The van der Waals surface area contributed by atoms with Crippen molar-refractivity contribution in [2.45, 2.75) is 19.9 Å². The molecule has 0 radical (unpaired) electrons. The Kier molecular flexibility index (Phi) is 3.93. The number of fused-ring (bicyclic) bond motifs is 1. The van der Waals surface area contributed by atoms with E-state index in [2.05, 4.69) is 34.7 Å². The van der Waals surface area contributed by atoms with E-state index in [0.29, 0.717) is 17.8 Å². The van der Waals surface area contributed by atoms with Gasteiger partial charge in [0.1, 0.15) is 11.6 Å². The minimum absolute atomic E-state index is 0.264. The first-order valence-corrected chi connectivity index (χ1v) is 7.47. The Morgan fingerprint density at radius 2 is 2.05 bits per heavy atom. The van der Waals surface area contributed by atoms with Gasteiger partial charge in [-0.2, -0.15) is 0 Å². The molecule has 2 aromatic carbocycles. The van der Waals surface area contributed by atoms with Crippen LogP contribution in [0.1, 0.15) is 17.0 Å². The van der Waals surface area contributed by atoms with E-state index in [-0.39, 0.29) is 5.82 Å². The van der Waals surface area contributed by atoms with Gasteiger partial charge < -0.3 is 4.57 Å². The number of hydrogen-bond donors (Lipinski definition) is 0. The molecule has 0 saturated carbocycles. The predicted molar refractivity (Wildman–Crippen MR) is 84.4 cm³/mol. The van der Waals surface area contributed by atoms with Crippen molar-refractivity contribution >= 4 is 22.6 Å². The van der Waals surface area contributed by atoms with Crippen LogP contribution >= 0.6 is 11.6 Å². The zero-order chi connectivity index (χ0) is 14.8. The lowest BCUT2D eigenvalue weighted by Gasteiger charge is -2.09. The molecule has 2 nitrogen and oxygen atoms in total. The third kappa shape index (κ3) is 2.93. The van der Waals surface area contributed by atoms with Crippen molar-refractivity contribution in [3.63, 3.8) is 0 Å². The van der Waals surface area contributed by atoms with Crippen molar-refractivity contribution in [2.75, 3.05) is 5.88 Å². The minimum atomic E-state index is -0.264. The Balaban J connectivity index is 2.08. The second-order valence-corrected chi connectivity index (χ2v) is 5.55. The third-order valence-electron chi connectivity index (χ3n) is 3.53. The van der Waals surface area contributed by atoms with Crippen molar-refractivity contribution in [3.8, 4) is 0 Å². The Hall–Kier alpha value is -1.87. The van der Waals surface area contributed by atoms with Crippen molar-refractivity contribution in [2.24, 2.45) is 0 Å². The van der Waals surface area contributed by atoms with E-state index in [1.54, 1.807) is 6.07 Å². The van der Waals surface area contributed by atoms with Gasteiger partial charge in [0, 0.05) is 24.9 Å². The van der Waals surface area contributed by atoms with Gasteiger partial charge in [0.15, 0.2) is 0 Å². The molecule has 0 unspecified atom stereocenters. The van der Waals surface area contributed by atoms with Crippen molar-refractivity contribution in [1.82, 2.24) is 9.55 Å². The zero-order valence-electron chi connectivity index (χ0n) is 11.8. The van der Waals surface area contributed by atoms with Crippen molar-refractivity contribution in [3.05, 3.63) is 65.2 Å². The number of alkyl halides is 1. The second kappa shape index (κ2) is 5.86. The van der Waals surface area contributed by atoms with Gasteiger partial charge in [-0.15, -0.1) is 11.6 Å². The van der Waals surface area contributed by atoms with Gasteiger partial charge in [-0.25, -0.2) is 9.37 Å². The molecule has 0 aliphatic carbocycles. The molecule has 3 rings (SSSR count). The molecule has 0 saturated heterocycles. The molecule has 0 amide bonds. The highest BCUT2D eigenvalue weighted by Crippen LogP contribution is 2.20. The van der Waals surface area contributed by atoms with E-state index >= 15 is 0 Å². The van der Waals surface area contributed by atoms with Crippen LogP contribution in [0.15, 0.2) is 42.5 Å². The fourth-order valence-corrected chi connectivity index (χ4v) is 2.77. The Labute approximate surface area is 128 Å². The van der Waals surface area contributed by atoms with Gasteiger partial charge in [-0.05, 0) is 24.6 Å². The Morgan fingerprint density at radius 1 is 1.19 bits per heavy atom. The van der Waals surface area contributed by atoms with Gasteiger partial charge in [-0.3, -0.25) is 0 Å². The summed E-state index contributed by atoms with van der Waals surface area (Å²) < 4.78 is 15.5. The average molecular weight is 303 g/mol. The van der Waals surface area contributed by atoms with E-state index in [1.165, 1.54) is 23.3 Å². The number of imidazole rings is 1. The number of nitrogens with zero attached hydrogens (tertiary/aromatic N) is 2. The van der Waals surface area contributed by atoms with E-state index in [4.69, 9.17) is 11.6 Å². The van der Waals surface area contributed by atoms with Crippen LogP contribution < -0.4 is 0 Å². The SMILES string of the molecule is Cc1cccc(Cn2c(CCCl)nc3cc(F)ccc32)c1. The normalized spacial score (nSPS) is 11.2. The third-order valence-corrected chi connectivity index (χ3v) is 3.72. The fourth-order valence-electron chi connectivity index (χ4n) is 2.60. The maximum atomic E-state index is 13.4. The average Bonchev–Trinajstić information content (AvgIpc) is 2.76. The van der Waals surface area contributed by atoms with Crippen molar-refractivity contribution < 1.29 is 4.39 Å². The molecule has 0 aliphatic heterocycles. The lowest BCUT2D eigenvalue weighted by Crippen LogP contribution is -2.06. The van der Waals surface area contributed by atoms with Gasteiger partial charge in [0.05, 0.1) is 11.0 Å². The topological polar surface area (TPSA) is 17.8 Å². The Bertz CT molecular complexity index is 780.